The van der Waals surface area contributed by atoms with Gasteiger partial charge in [-0.2, -0.15) is 12.6 Å². The third-order valence-electron chi connectivity index (χ3n) is 4.25. The molecule has 0 bridgehead atoms. The summed E-state index contributed by atoms with van der Waals surface area (Å²) in [4.78, 5) is 2.34. The van der Waals surface area contributed by atoms with Gasteiger partial charge in [0.2, 0.25) is 0 Å². The summed E-state index contributed by atoms with van der Waals surface area (Å²) in [5.74, 6) is 1.63. The molecule has 0 aromatic carbocycles. The van der Waals surface area contributed by atoms with Crippen LogP contribution in [0.4, 0.5) is 0 Å². The molecular formula is C12H23NO2S2. The highest BCUT2D eigenvalue weighted by Gasteiger charge is 2.34. The summed E-state index contributed by atoms with van der Waals surface area (Å²) >= 11 is 4.54. The zero-order valence-electron chi connectivity index (χ0n) is 10.4. The molecule has 0 atom stereocenters. The summed E-state index contributed by atoms with van der Waals surface area (Å²) < 4.78 is 22.8. The van der Waals surface area contributed by atoms with E-state index in [2.05, 4.69) is 17.5 Å². The number of hydrogen-bond acceptors (Lipinski definition) is 4. The molecule has 0 aromatic heterocycles. The van der Waals surface area contributed by atoms with E-state index in [0.29, 0.717) is 16.9 Å². The molecule has 1 aliphatic heterocycles. The molecule has 100 valence electrons. The highest BCUT2D eigenvalue weighted by atomic mass is 32.2. The molecule has 0 unspecified atom stereocenters. The summed E-state index contributed by atoms with van der Waals surface area (Å²) in [6, 6.07) is 0. The van der Waals surface area contributed by atoms with Crippen molar-refractivity contribution in [3.8, 4) is 0 Å². The van der Waals surface area contributed by atoms with Crippen LogP contribution < -0.4 is 0 Å². The minimum absolute atomic E-state index is 0.343. The van der Waals surface area contributed by atoms with E-state index in [1.165, 1.54) is 32.1 Å². The van der Waals surface area contributed by atoms with Crippen LogP contribution in [0, 0.1) is 5.41 Å². The molecule has 0 radical (unpaired) electrons. The van der Waals surface area contributed by atoms with Gasteiger partial charge in [-0.25, -0.2) is 8.42 Å². The molecule has 5 heteroatoms. The van der Waals surface area contributed by atoms with Crippen molar-refractivity contribution in [1.82, 2.24) is 4.90 Å². The van der Waals surface area contributed by atoms with Crippen molar-refractivity contribution < 1.29 is 8.42 Å². The van der Waals surface area contributed by atoms with Gasteiger partial charge in [-0.15, -0.1) is 0 Å². The molecule has 2 rings (SSSR count). The van der Waals surface area contributed by atoms with Gasteiger partial charge in [-0.1, -0.05) is 19.3 Å². The Hall–Kier alpha value is 0.260. The maximum absolute atomic E-state index is 11.4. The van der Waals surface area contributed by atoms with Crippen molar-refractivity contribution in [2.45, 2.75) is 32.1 Å². The fourth-order valence-electron chi connectivity index (χ4n) is 3.05. The number of thiol groups is 1. The van der Waals surface area contributed by atoms with Crippen LogP contribution in [-0.4, -0.2) is 50.2 Å². The van der Waals surface area contributed by atoms with Crippen molar-refractivity contribution in [2.75, 3.05) is 36.9 Å². The van der Waals surface area contributed by atoms with Gasteiger partial charge in [0.1, 0.15) is 0 Å². The van der Waals surface area contributed by atoms with Crippen LogP contribution in [0.3, 0.4) is 0 Å². The molecule has 1 saturated heterocycles. The van der Waals surface area contributed by atoms with E-state index in [1.54, 1.807) is 0 Å². The lowest BCUT2D eigenvalue weighted by Gasteiger charge is -2.41. The summed E-state index contributed by atoms with van der Waals surface area (Å²) in [7, 11) is -2.74. The molecule has 2 aliphatic rings. The van der Waals surface area contributed by atoms with Crippen molar-refractivity contribution in [1.29, 1.82) is 0 Å². The fraction of sp³-hybridized carbons (Fsp3) is 1.00. The predicted molar refractivity (Wildman–Crippen MR) is 74.5 cm³/mol. The summed E-state index contributed by atoms with van der Waals surface area (Å²) in [5, 5.41) is 0. The number of hydrogen-bond donors (Lipinski definition) is 1. The Labute approximate surface area is 110 Å². The van der Waals surface area contributed by atoms with Crippen LogP contribution in [0.15, 0.2) is 0 Å². The van der Waals surface area contributed by atoms with E-state index in [0.717, 1.165) is 25.4 Å². The first-order chi connectivity index (χ1) is 8.05. The second kappa shape index (κ2) is 5.49. The highest BCUT2D eigenvalue weighted by Crippen LogP contribution is 2.38. The molecule has 3 nitrogen and oxygen atoms in total. The highest BCUT2D eigenvalue weighted by molar-refractivity contribution is 7.91. The SMILES string of the molecule is O=S1(=O)CCN(CC2(CS)CCCCC2)CC1. The van der Waals surface area contributed by atoms with E-state index in [4.69, 9.17) is 0 Å². The van der Waals surface area contributed by atoms with Crippen molar-refractivity contribution >= 4 is 22.5 Å². The molecule has 0 N–H and O–H groups in total. The fourth-order valence-corrected chi connectivity index (χ4v) is 4.74. The Kier molecular flexibility index (Phi) is 4.42. The molecule has 0 spiro atoms. The zero-order valence-corrected chi connectivity index (χ0v) is 12.1. The van der Waals surface area contributed by atoms with E-state index in [1.807, 2.05) is 0 Å². The van der Waals surface area contributed by atoms with E-state index >= 15 is 0 Å². The number of rotatable bonds is 3. The average Bonchev–Trinajstić information content (AvgIpc) is 2.33. The molecule has 1 saturated carbocycles. The molecule has 17 heavy (non-hydrogen) atoms. The molecule has 0 amide bonds. The minimum Gasteiger partial charge on any atom is -0.301 e. The molecule has 1 aliphatic carbocycles. The maximum Gasteiger partial charge on any atom is 0.152 e. The zero-order chi connectivity index (χ0) is 12.4. The number of sulfone groups is 1. The largest absolute Gasteiger partial charge is 0.301 e. The lowest BCUT2D eigenvalue weighted by molar-refractivity contribution is 0.132. The topological polar surface area (TPSA) is 37.4 Å². The lowest BCUT2D eigenvalue weighted by Crippen LogP contribution is -2.47. The second-order valence-electron chi connectivity index (χ2n) is 5.65. The Morgan fingerprint density at radius 1 is 1.06 bits per heavy atom. The molecular weight excluding hydrogens is 254 g/mol. The van der Waals surface area contributed by atoms with E-state index < -0.39 is 9.84 Å². The third kappa shape index (κ3) is 3.61. The van der Waals surface area contributed by atoms with Gasteiger partial charge in [-0.05, 0) is 24.0 Å². The molecule has 2 fully saturated rings. The average molecular weight is 277 g/mol. The Morgan fingerprint density at radius 2 is 1.65 bits per heavy atom. The van der Waals surface area contributed by atoms with Crippen molar-refractivity contribution in [3.63, 3.8) is 0 Å². The van der Waals surface area contributed by atoms with Crippen LogP contribution in [0.2, 0.25) is 0 Å². The predicted octanol–water partition coefficient (Wildman–Crippen LogP) is 1.60. The van der Waals surface area contributed by atoms with Crippen LogP contribution in [-0.2, 0) is 9.84 Å². The van der Waals surface area contributed by atoms with Crippen LogP contribution in [0.25, 0.3) is 0 Å². The van der Waals surface area contributed by atoms with Crippen molar-refractivity contribution in [3.05, 3.63) is 0 Å². The van der Waals surface area contributed by atoms with E-state index in [-0.39, 0.29) is 0 Å². The number of nitrogens with zero attached hydrogens (tertiary/aromatic N) is 1. The van der Waals surface area contributed by atoms with Gasteiger partial charge in [0.05, 0.1) is 11.5 Å². The van der Waals surface area contributed by atoms with Crippen LogP contribution in [0.5, 0.6) is 0 Å². The van der Waals surface area contributed by atoms with Gasteiger partial charge in [0.15, 0.2) is 9.84 Å². The quantitative estimate of drug-likeness (QED) is 0.796. The standard InChI is InChI=1S/C12H23NO2S2/c14-17(15)8-6-13(7-9-17)10-12(11-16)4-2-1-3-5-12/h16H,1-11H2. The summed E-state index contributed by atoms with van der Waals surface area (Å²) in [6.45, 7) is 2.49. The summed E-state index contributed by atoms with van der Waals surface area (Å²) in [6.07, 6.45) is 6.50. The Bertz CT molecular complexity index is 334. The van der Waals surface area contributed by atoms with Gasteiger partial charge in [0, 0.05) is 19.6 Å². The molecule has 0 aromatic rings. The first-order valence-electron chi connectivity index (χ1n) is 6.59. The molecule has 1 heterocycles. The Morgan fingerprint density at radius 3 is 2.18 bits per heavy atom. The normalized spacial score (nSPS) is 29.0. The first kappa shape index (κ1) is 13.7. The maximum atomic E-state index is 11.4. The smallest absolute Gasteiger partial charge is 0.152 e. The first-order valence-corrected chi connectivity index (χ1v) is 9.04. The van der Waals surface area contributed by atoms with Crippen LogP contribution in [0.1, 0.15) is 32.1 Å². The summed E-state index contributed by atoms with van der Waals surface area (Å²) in [5.41, 5.74) is 0.350. The Balaban J connectivity index is 1.91. The lowest BCUT2D eigenvalue weighted by atomic mass is 9.75. The van der Waals surface area contributed by atoms with E-state index in [9.17, 15) is 8.42 Å². The monoisotopic (exact) mass is 277 g/mol. The minimum atomic E-state index is -2.74. The third-order valence-corrected chi connectivity index (χ3v) is 6.53. The van der Waals surface area contributed by atoms with Gasteiger partial charge in [0.25, 0.3) is 0 Å². The van der Waals surface area contributed by atoms with Gasteiger partial charge >= 0.3 is 0 Å². The van der Waals surface area contributed by atoms with Gasteiger partial charge < -0.3 is 4.90 Å². The van der Waals surface area contributed by atoms with Gasteiger partial charge in [-0.3, -0.25) is 0 Å². The van der Waals surface area contributed by atoms with Crippen molar-refractivity contribution in [2.24, 2.45) is 5.41 Å². The second-order valence-corrected chi connectivity index (χ2v) is 8.27. The van der Waals surface area contributed by atoms with Crippen LogP contribution >= 0.6 is 12.6 Å².